The first-order valence-electron chi connectivity index (χ1n) is 7.83. The van der Waals surface area contributed by atoms with Gasteiger partial charge in [-0.05, 0) is 38.0 Å². The third-order valence-corrected chi connectivity index (χ3v) is 4.41. The van der Waals surface area contributed by atoms with E-state index in [0.29, 0.717) is 16.5 Å². The Labute approximate surface area is 148 Å². The molecule has 23 heavy (non-hydrogen) atoms. The Kier molecular flexibility index (Phi) is 7.86. The lowest BCUT2D eigenvalue weighted by molar-refractivity contribution is -0.140. The number of nitrogens with zero attached hydrogens (tertiary/aromatic N) is 1. The minimum atomic E-state index is -0.566. The van der Waals surface area contributed by atoms with Gasteiger partial charge in [0.15, 0.2) is 0 Å². The maximum atomic E-state index is 12.3. The van der Waals surface area contributed by atoms with Gasteiger partial charge < -0.3 is 10.2 Å². The van der Waals surface area contributed by atoms with Gasteiger partial charge in [-0.1, -0.05) is 43.1 Å². The van der Waals surface area contributed by atoms with E-state index in [2.05, 4.69) is 5.32 Å². The Morgan fingerprint density at radius 3 is 2.39 bits per heavy atom. The molecular weight excluding hydrogens is 335 g/mol. The molecule has 0 aliphatic rings. The van der Waals surface area contributed by atoms with Gasteiger partial charge >= 0.3 is 0 Å². The van der Waals surface area contributed by atoms with Crippen molar-refractivity contribution in [2.75, 3.05) is 0 Å². The third kappa shape index (κ3) is 5.70. The van der Waals surface area contributed by atoms with Gasteiger partial charge in [0.1, 0.15) is 6.04 Å². The Morgan fingerprint density at radius 2 is 1.87 bits per heavy atom. The highest BCUT2D eigenvalue weighted by Crippen LogP contribution is 2.23. The Hall–Kier alpha value is -1.26. The number of benzene rings is 1. The van der Waals surface area contributed by atoms with Gasteiger partial charge in [0, 0.05) is 29.1 Å². The molecule has 0 saturated heterocycles. The predicted molar refractivity (Wildman–Crippen MR) is 94.7 cm³/mol. The van der Waals surface area contributed by atoms with Crippen molar-refractivity contribution in [2.45, 2.75) is 59.2 Å². The summed E-state index contributed by atoms with van der Waals surface area (Å²) in [5, 5.41) is 3.94. The van der Waals surface area contributed by atoms with Gasteiger partial charge in [0.25, 0.3) is 0 Å². The SMILES string of the molecule is CCC(=O)N(Cc1ccc(Cl)cc1Cl)[C@@H](C)C(=O)N[C@@H](C)CC. The first-order valence-corrected chi connectivity index (χ1v) is 8.59. The summed E-state index contributed by atoms with van der Waals surface area (Å²) in [6, 6.07) is 4.64. The lowest BCUT2D eigenvalue weighted by Crippen LogP contribution is -2.49. The average molecular weight is 359 g/mol. The summed E-state index contributed by atoms with van der Waals surface area (Å²) >= 11 is 12.1. The highest BCUT2D eigenvalue weighted by Gasteiger charge is 2.26. The fourth-order valence-electron chi connectivity index (χ4n) is 2.08. The lowest BCUT2D eigenvalue weighted by Gasteiger charge is -2.29. The molecule has 0 saturated carbocycles. The third-order valence-electron chi connectivity index (χ3n) is 3.83. The van der Waals surface area contributed by atoms with Crippen LogP contribution in [0.3, 0.4) is 0 Å². The maximum Gasteiger partial charge on any atom is 0.242 e. The van der Waals surface area contributed by atoms with Crippen molar-refractivity contribution >= 4 is 35.0 Å². The summed E-state index contributed by atoms with van der Waals surface area (Å²) < 4.78 is 0. The molecule has 1 aromatic rings. The van der Waals surface area contributed by atoms with Crippen LogP contribution in [0, 0.1) is 0 Å². The smallest absolute Gasteiger partial charge is 0.242 e. The molecule has 6 heteroatoms. The monoisotopic (exact) mass is 358 g/mol. The number of carbonyl (C=O) groups excluding carboxylic acids is 2. The Balaban J connectivity index is 2.95. The molecule has 0 aromatic heterocycles. The molecule has 128 valence electrons. The summed E-state index contributed by atoms with van der Waals surface area (Å²) in [6.07, 6.45) is 1.16. The van der Waals surface area contributed by atoms with Gasteiger partial charge in [-0.2, -0.15) is 0 Å². The molecule has 2 amide bonds. The van der Waals surface area contributed by atoms with Gasteiger partial charge in [0.05, 0.1) is 0 Å². The Morgan fingerprint density at radius 1 is 1.22 bits per heavy atom. The van der Waals surface area contributed by atoms with E-state index in [1.54, 1.807) is 36.9 Å². The molecule has 0 radical (unpaired) electrons. The summed E-state index contributed by atoms with van der Waals surface area (Å²) in [4.78, 5) is 26.2. The van der Waals surface area contributed by atoms with Crippen LogP contribution in [0.2, 0.25) is 10.0 Å². The second kappa shape index (κ2) is 9.14. The summed E-state index contributed by atoms with van der Waals surface area (Å²) in [5.41, 5.74) is 0.765. The number of hydrogen-bond donors (Lipinski definition) is 1. The zero-order valence-electron chi connectivity index (χ0n) is 14.0. The number of halogens is 2. The number of rotatable bonds is 7. The van der Waals surface area contributed by atoms with Crippen LogP contribution in [0.25, 0.3) is 0 Å². The largest absolute Gasteiger partial charge is 0.352 e. The molecule has 0 unspecified atom stereocenters. The maximum absolute atomic E-state index is 12.3. The van der Waals surface area contributed by atoms with Crippen LogP contribution in [0.4, 0.5) is 0 Å². The van der Waals surface area contributed by atoms with Crippen molar-refractivity contribution < 1.29 is 9.59 Å². The van der Waals surface area contributed by atoms with E-state index in [9.17, 15) is 9.59 Å². The van der Waals surface area contributed by atoms with Crippen molar-refractivity contribution in [3.63, 3.8) is 0 Å². The van der Waals surface area contributed by atoms with Gasteiger partial charge in [-0.25, -0.2) is 0 Å². The van der Waals surface area contributed by atoms with Crippen LogP contribution in [-0.4, -0.2) is 28.8 Å². The van der Waals surface area contributed by atoms with Crippen LogP contribution < -0.4 is 5.32 Å². The van der Waals surface area contributed by atoms with E-state index in [4.69, 9.17) is 23.2 Å². The van der Waals surface area contributed by atoms with Crippen molar-refractivity contribution in [2.24, 2.45) is 0 Å². The molecule has 0 aliphatic carbocycles. The first-order chi connectivity index (χ1) is 10.8. The Bertz CT molecular complexity index is 564. The van der Waals surface area contributed by atoms with Crippen LogP contribution in [0.1, 0.15) is 46.1 Å². The molecule has 0 heterocycles. The van der Waals surface area contributed by atoms with Crippen molar-refractivity contribution in [3.05, 3.63) is 33.8 Å². The van der Waals surface area contributed by atoms with E-state index in [-0.39, 0.29) is 24.4 Å². The molecule has 0 spiro atoms. The lowest BCUT2D eigenvalue weighted by atomic mass is 10.1. The highest BCUT2D eigenvalue weighted by atomic mass is 35.5. The van der Waals surface area contributed by atoms with Crippen LogP contribution in [0.15, 0.2) is 18.2 Å². The second-order valence-corrected chi connectivity index (χ2v) is 6.45. The molecular formula is C17H24Cl2N2O2. The molecule has 2 atom stereocenters. The minimum Gasteiger partial charge on any atom is -0.352 e. The molecule has 1 aromatic carbocycles. The molecule has 0 bridgehead atoms. The minimum absolute atomic E-state index is 0.0719. The van der Waals surface area contributed by atoms with Crippen LogP contribution in [-0.2, 0) is 16.1 Å². The van der Waals surface area contributed by atoms with Crippen molar-refractivity contribution in [3.8, 4) is 0 Å². The average Bonchev–Trinajstić information content (AvgIpc) is 2.52. The zero-order chi connectivity index (χ0) is 17.6. The molecule has 0 fully saturated rings. The number of nitrogens with one attached hydrogen (secondary N) is 1. The van der Waals surface area contributed by atoms with Gasteiger partial charge in [-0.15, -0.1) is 0 Å². The normalized spacial score (nSPS) is 13.3. The molecule has 1 N–H and O–H groups in total. The fourth-order valence-corrected chi connectivity index (χ4v) is 2.55. The van der Waals surface area contributed by atoms with E-state index in [1.807, 2.05) is 13.8 Å². The van der Waals surface area contributed by atoms with Gasteiger partial charge in [0.2, 0.25) is 11.8 Å². The predicted octanol–water partition coefficient (Wildman–Crippen LogP) is 4.04. The number of hydrogen-bond acceptors (Lipinski definition) is 2. The molecule has 4 nitrogen and oxygen atoms in total. The highest BCUT2D eigenvalue weighted by molar-refractivity contribution is 6.35. The number of amides is 2. The molecule has 0 aliphatic heterocycles. The zero-order valence-corrected chi connectivity index (χ0v) is 15.5. The second-order valence-electron chi connectivity index (χ2n) is 5.60. The fraction of sp³-hybridized carbons (Fsp3) is 0.529. The van der Waals surface area contributed by atoms with Crippen LogP contribution in [0.5, 0.6) is 0 Å². The van der Waals surface area contributed by atoms with E-state index in [0.717, 1.165) is 12.0 Å². The number of carbonyl (C=O) groups is 2. The molecule has 1 rings (SSSR count). The van der Waals surface area contributed by atoms with Crippen molar-refractivity contribution in [1.82, 2.24) is 10.2 Å². The van der Waals surface area contributed by atoms with E-state index < -0.39 is 6.04 Å². The van der Waals surface area contributed by atoms with Gasteiger partial charge in [-0.3, -0.25) is 9.59 Å². The van der Waals surface area contributed by atoms with Crippen molar-refractivity contribution in [1.29, 1.82) is 0 Å². The topological polar surface area (TPSA) is 49.4 Å². The van der Waals surface area contributed by atoms with Crippen LogP contribution >= 0.6 is 23.2 Å². The summed E-state index contributed by atoms with van der Waals surface area (Å²) in [5.74, 6) is -0.256. The quantitative estimate of drug-likeness (QED) is 0.799. The standard InChI is InChI=1S/C17H24Cl2N2O2/c1-5-11(3)20-17(23)12(4)21(16(22)6-2)10-13-7-8-14(18)9-15(13)19/h7-9,11-12H,5-6,10H2,1-4H3,(H,20,23)/t11-,12-/m0/s1. The van der Waals surface area contributed by atoms with E-state index >= 15 is 0 Å². The first kappa shape index (κ1) is 19.8. The summed E-state index contributed by atoms with van der Waals surface area (Å²) in [6.45, 7) is 7.72. The van der Waals surface area contributed by atoms with E-state index in [1.165, 1.54) is 0 Å². The summed E-state index contributed by atoms with van der Waals surface area (Å²) in [7, 11) is 0.